The van der Waals surface area contributed by atoms with Gasteiger partial charge in [0.1, 0.15) is 5.75 Å². The second kappa shape index (κ2) is 7.86. The summed E-state index contributed by atoms with van der Waals surface area (Å²) in [5.74, 6) is 0.614. The maximum absolute atomic E-state index is 12.6. The van der Waals surface area contributed by atoms with E-state index in [1.807, 2.05) is 36.7 Å². The van der Waals surface area contributed by atoms with Crippen molar-refractivity contribution in [1.82, 2.24) is 19.7 Å². The van der Waals surface area contributed by atoms with Gasteiger partial charge in [-0.2, -0.15) is 5.10 Å². The lowest BCUT2D eigenvalue weighted by atomic mass is 10.2. The van der Waals surface area contributed by atoms with Gasteiger partial charge in [0, 0.05) is 18.8 Å². The van der Waals surface area contributed by atoms with E-state index in [1.54, 1.807) is 11.8 Å². The number of fused-ring (bicyclic) bond motifs is 1. The van der Waals surface area contributed by atoms with Gasteiger partial charge in [0.05, 0.1) is 29.7 Å². The van der Waals surface area contributed by atoms with Crippen LogP contribution >= 0.6 is 0 Å². The Morgan fingerprint density at radius 3 is 2.92 bits per heavy atom. The maximum atomic E-state index is 12.6. The van der Waals surface area contributed by atoms with E-state index in [4.69, 9.17) is 4.74 Å². The maximum Gasteiger partial charge on any atom is 0.260 e. The van der Waals surface area contributed by atoms with Gasteiger partial charge < -0.3 is 14.7 Å². The minimum Gasteiger partial charge on any atom is -0.482 e. The fourth-order valence-electron chi connectivity index (χ4n) is 3.11. The summed E-state index contributed by atoms with van der Waals surface area (Å²) >= 11 is 0. The van der Waals surface area contributed by atoms with Crippen LogP contribution in [0.4, 0.5) is 0 Å². The molecule has 0 spiro atoms. The van der Waals surface area contributed by atoms with Crippen molar-refractivity contribution in [2.75, 3.05) is 13.2 Å². The predicted molar refractivity (Wildman–Crippen MR) is 96.7 cm³/mol. The standard InChI is InChI=1S/C19H26N4O3/c1-4-16-18(7-6-13(2)20-16)26-12-19(25)22-8-5-9-23-15(11-22)10-17(21-23)14(3)24/h6-7,10,14,24H,4-5,8-9,11-12H2,1-3H3/t14-/m0/s1. The van der Waals surface area contributed by atoms with Crippen molar-refractivity contribution in [3.63, 3.8) is 0 Å². The fraction of sp³-hybridized carbons (Fsp3) is 0.526. The highest BCUT2D eigenvalue weighted by Crippen LogP contribution is 2.20. The lowest BCUT2D eigenvalue weighted by Gasteiger charge is -2.20. The van der Waals surface area contributed by atoms with Crippen LogP contribution in [0.15, 0.2) is 18.2 Å². The first kappa shape index (κ1) is 18.4. The normalized spacial score (nSPS) is 15.3. The van der Waals surface area contributed by atoms with Crippen LogP contribution in [0.1, 0.15) is 49.1 Å². The van der Waals surface area contributed by atoms with E-state index < -0.39 is 6.10 Å². The first-order chi connectivity index (χ1) is 12.5. The Balaban J connectivity index is 1.66. The van der Waals surface area contributed by atoms with Gasteiger partial charge in [-0.15, -0.1) is 0 Å². The van der Waals surface area contributed by atoms with Crippen molar-refractivity contribution >= 4 is 5.91 Å². The lowest BCUT2D eigenvalue weighted by molar-refractivity contribution is -0.134. The monoisotopic (exact) mass is 358 g/mol. The third-order valence-corrected chi connectivity index (χ3v) is 4.57. The molecular weight excluding hydrogens is 332 g/mol. The van der Waals surface area contributed by atoms with Gasteiger partial charge in [-0.1, -0.05) is 6.92 Å². The molecule has 0 aromatic carbocycles. The van der Waals surface area contributed by atoms with Gasteiger partial charge >= 0.3 is 0 Å². The first-order valence-corrected chi connectivity index (χ1v) is 9.09. The molecule has 7 heteroatoms. The minimum absolute atomic E-state index is 0.00482. The molecule has 1 N–H and O–H groups in total. The van der Waals surface area contributed by atoms with Crippen LogP contribution in [0, 0.1) is 6.92 Å². The van der Waals surface area contributed by atoms with E-state index in [0.717, 1.165) is 36.5 Å². The Bertz CT molecular complexity index is 785. The number of rotatable bonds is 5. The van der Waals surface area contributed by atoms with Gasteiger partial charge in [-0.05, 0) is 44.9 Å². The molecule has 3 heterocycles. The lowest BCUT2D eigenvalue weighted by Crippen LogP contribution is -2.34. The SMILES string of the molecule is CCc1nc(C)ccc1OCC(=O)N1CCCn2nc([C@H](C)O)cc2C1. The smallest absolute Gasteiger partial charge is 0.260 e. The number of aliphatic hydroxyl groups excluding tert-OH is 1. The molecule has 0 bridgehead atoms. The summed E-state index contributed by atoms with van der Waals surface area (Å²) in [6.07, 6.45) is 0.978. The summed E-state index contributed by atoms with van der Waals surface area (Å²) in [6.45, 7) is 7.54. The topological polar surface area (TPSA) is 80.5 Å². The molecule has 1 atom stereocenters. The van der Waals surface area contributed by atoms with Gasteiger partial charge in [0.25, 0.3) is 5.91 Å². The molecule has 0 radical (unpaired) electrons. The number of carbonyl (C=O) groups excluding carboxylic acids is 1. The molecule has 2 aromatic heterocycles. The average Bonchev–Trinajstić information content (AvgIpc) is 2.92. The molecule has 140 valence electrons. The summed E-state index contributed by atoms with van der Waals surface area (Å²) in [6, 6.07) is 5.64. The van der Waals surface area contributed by atoms with E-state index in [1.165, 1.54) is 0 Å². The van der Waals surface area contributed by atoms with Crippen molar-refractivity contribution in [1.29, 1.82) is 0 Å². The van der Waals surface area contributed by atoms with Crippen LogP contribution in [0.5, 0.6) is 5.75 Å². The summed E-state index contributed by atoms with van der Waals surface area (Å²) in [4.78, 5) is 18.9. The zero-order chi connectivity index (χ0) is 18.7. The van der Waals surface area contributed by atoms with Crippen molar-refractivity contribution in [2.24, 2.45) is 0 Å². The number of hydrogen-bond acceptors (Lipinski definition) is 5. The molecule has 0 fully saturated rings. The number of aliphatic hydroxyl groups is 1. The van der Waals surface area contributed by atoms with E-state index in [-0.39, 0.29) is 12.5 Å². The Hall–Kier alpha value is -2.41. The van der Waals surface area contributed by atoms with E-state index in [2.05, 4.69) is 10.1 Å². The molecule has 7 nitrogen and oxygen atoms in total. The number of pyridine rings is 1. The van der Waals surface area contributed by atoms with Crippen molar-refractivity contribution < 1.29 is 14.6 Å². The molecule has 1 amide bonds. The van der Waals surface area contributed by atoms with Crippen molar-refractivity contribution in [3.8, 4) is 5.75 Å². The summed E-state index contributed by atoms with van der Waals surface area (Å²) in [5, 5.41) is 14.1. The quantitative estimate of drug-likeness (QED) is 0.884. The molecule has 2 aromatic rings. The largest absolute Gasteiger partial charge is 0.482 e. The molecule has 1 aliphatic rings. The van der Waals surface area contributed by atoms with Crippen LogP contribution in [0.3, 0.4) is 0 Å². The highest BCUT2D eigenvalue weighted by Gasteiger charge is 2.22. The number of ether oxygens (including phenoxy) is 1. The Morgan fingerprint density at radius 1 is 1.38 bits per heavy atom. The third kappa shape index (κ3) is 4.04. The molecule has 0 saturated carbocycles. The molecule has 0 aliphatic carbocycles. The van der Waals surface area contributed by atoms with Gasteiger partial charge in [-0.25, -0.2) is 0 Å². The van der Waals surface area contributed by atoms with Crippen LogP contribution in [0.2, 0.25) is 0 Å². The van der Waals surface area contributed by atoms with E-state index in [0.29, 0.717) is 24.5 Å². The van der Waals surface area contributed by atoms with Crippen LogP contribution in [0.25, 0.3) is 0 Å². The van der Waals surface area contributed by atoms with Crippen LogP contribution in [-0.2, 0) is 24.3 Å². The van der Waals surface area contributed by atoms with Gasteiger partial charge in [-0.3, -0.25) is 14.5 Å². The highest BCUT2D eigenvalue weighted by atomic mass is 16.5. The summed E-state index contributed by atoms with van der Waals surface area (Å²) < 4.78 is 7.64. The van der Waals surface area contributed by atoms with Crippen LogP contribution < -0.4 is 4.74 Å². The number of aryl methyl sites for hydroxylation is 3. The highest BCUT2D eigenvalue weighted by molar-refractivity contribution is 5.77. The van der Waals surface area contributed by atoms with E-state index >= 15 is 0 Å². The second-order valence-electron chi connectivity index (χ2n) is 6.67. The Kier molecular flexibility index (Phi) is 5.56. The predicted octanol–water partition coefficient (Wildman–Crippen LogP) is 2.01. The third-order valence-electron chi connectivity index (χ3n) is 4.57. The number of aromatic nitrogens is 3. The molecule has 1 aliphatic heterocycles. The number of carbonyl (C=O) groups is 1. The summed E-state index contributed by atoms with van der Waals surface area (Å²) in [5.41, 5.74) is 3.39. The molecule has 0 saturated heterocycles. The summed E-state index contributed by atoms with van der Waals surface area (Å²) in [7, 11) is 0. The molecular formula is C19H26N4O3. The second-order valence-corrected chi connectivity index (χ2v) is 6.67. The molecule has 3 rings (SSSR count). The fourth-order valence-corrected chi connectivity index (χ4v) is 3.11. The number of amides is 1. The van der Waals surface area contributed by atoms with Gasteiger partial charge in [0.2, 0.25) is 0 Å². The molecule has 26 heavy (non-hydrogen) atoms. The Morgan fingerprint density at radius 2 is 2.19 bits per heavy atom. The Labute approximate surface area is 153 Å². The van der Waals surface area contributed by atoms with Crippen molar-refractivity contribution in [3.05, 3.63) is 41.0 Å². The van der Waals surface area contributed by atoms with Crippen molar-refractivity contribution in [2.45, 2.75) is 52.8 Å². The number of nitrogens with zero attached hydrogens (tertiary/aromatic N) is 4. The average molecular weight is 358 g/mol. The van der Waals surface area contributed by atoms with Crippen LogP contribution in [-0.4, -0.2) is 43.8 Å². The first-order valence-electron chi connectivity index (χ1n) is 9.09. The van der Waals surface area contributed by atoms with Gasteiger partial charge in [0.15, 0.2) is 6.61 Å². The zero-order valence-corrected chi connectivity index (χ0v) is 15.6. The number of hydrogen-bond donors (Lipinski definition) is 1. The zero-order valence-electron chi connectivity index (χ0n) is 15.6. The minimum atomic E-state index is -0.608. The molecule has 0 unspecified atom stereocenters. The van der Waals surface area contributed by atoms with E-state index in [9.17, 15) is 9.90 Å².